The van der Waals surface area contributed by atoms with Crippen LogP contribution in [0.3, 0.4) is 0 Å². The third kappa shape index (κ3) is 16.3. The van der Waals surface area contributed by atoms with Crippen molar-refractivity contribution in [3.63, 3.8) is 0 Å². The second-order valence-electron chi connectivity index (χ2n) is 6.42. The molecule has 2 N–H and O–H groups in total. The van der Waals surface area contributed by atoms with E-state index in [1.165, 1.54) is 0 Å². The van der Waals surface area contributed by atoms with E-state index in [1.54, 1.807) is 0 Å². The fraction of sp³-hybridized carbons (Fsp3) is 0.875. The normalized spacial score (nSPS) is 12.2. The summed E-state index contributed by atoms with van der Waals surface area (Å²) in [6.45, 7) is 0. The number of carbonyl (C=O) groups is 2. The molecule has 0 spiro atoms. The van der Waals surface area contributed by atoms with Crippen LogP contribution in [0.4, 0.5) is 0 Å². The van der Waals surface area contributed by atoms with Crippen molar-refractivity contribution >= 4 is 31.6 Å². The number of hydrogen-bond donors (Lipinski definition) is 2. The Labute approximate surface area is 155 Å². The molecule has 10 heteroatoms. The second kappa shape index (κ2) is 13.1. The molecule has 0 aromatic carbocycles. The van der Waals surface area contributed by atoms with Crippen molar-refractivity contribution in [2.45, 2.75) is 64.2 Å². The first-order valence-electron chi connectivity index (χ1n) is 8.88. The first kappa shape index (κ1) is 24.8. The highest BCUT2D eigenvalue weighted by molar-refractivity contribution is 7.91. The molecular weight excluding hydrogens is 384 g/mol. The lowest BCUT2D eigenvalue weighted by molar-refractivity contribution is -0.138. The van der Waals surface area contributed by atoms with Crippen molar-refractivity contribution in [3.05, 3.63) is 0 Å². The summed E-state index contributed by atoms with van der Waals surface area (Å²) in [4.78, 5) is 20.7. The van der Waals surface area contributed by atoms with Gasteiger partial charge in [0.25, 0.3) is 0 Å². The molecule has 0 saturated carbocycles. The summed E-state index contributed by atoms with van der Waals surface area (Å²) < 4.78 is 47.3. The standard InChI is InChI=1S/C16H30O8S2/c17-15(18)9-3-1-5-11-25(21,22)13-7-8-14-26(23,24)12-6-2-4-10-16(19)20/h1-14H2,(H,17,18)(H,19,20). The first-order chi connectivity index (χ1) is 12.0. The van der Waals surface area contributed by atoms with E-state index >= 15 is 0 Å². The van der Waals surface area contributed by atoms with Crippen LogP contribution in [0, 0.1) is 0 Å². The summed E-state index contributed by atoms with van der Waals surface area (Å²) >= 11 is 0. The Morgan fingerprint density at radius 2 is 0.769 bits per heavy atom. The summed E-state index contributed by atoms with van der Waals surface area (Å²) in [5.74, 6) is -1.89. The molecule has 0 amide bonds. The average Bonchev–Trinajstić information content (AvgIpc) is 2.50. The average molecular weight is 415 g/mol. The number of sulfone groups is 2. The molecule has 0 aromatic heterocycles. The molecule has 0 aliphatic rings. The van der Waals surface area contributed by atoms with Crippen LogP contribution in [-0.4, -0.2) is 62.0 Å². The maximum absolute atomic E-state index is 11.8. The minimum atomic E-state index is -3.23. The molecule has 0 fully saturated rings. The van der Waals surface area contributed by atoms with E-state index in [1.807, 2.05) is 0 Å². The number of hydrogen-bond acceptors (Lipinski definition) is 6. The first-order valence-corrected chi connectivity index (χ1v) is 12.5. The maximum atomic E-state index is 11.8. The van der Waals surface area contributed by atoms with Crippen LogP contribution in [0.25, 0.3) is 0 Å². The van der Waals surface area contributed by atoms with Crippen LogP contribution in [0.2, 0.25) is 0 Å². The minimum Gasteiger partial charge on any atom is -0.481 e. The van der Waals surface area contributed by atoms with Crippen LogP contribution in [0.15, 0.2) is 0 Å². The number of aliphatic carboxylic acids is 2. The minimum absolute atomic E-state index is 0.00292. The summed E-state index contributed by atoms with van der Waals surface area (Å²) in [5, 5.41) is 17.0. The maximum Gasteiger partial charge on any atom is 0.303 e. The van der Waals surface area contributed by atoms with Gasteiger partial charge in [-0.3, -0.25) is 9.59 Å². The van der Waals surface area contributed by atoms with Gasteiger partial charge in [-0.15, -0.1) is 0 Å². The van der Waals surface area contributed by atoms with Gasteiger partial charge in [0.05, 0.1) is 23.0 Å². The summed E-state index contributed by atoms with van der Waals surface area (Å²) in [6, 6.07) is 0. The Morgan fingerprint density at radius 1 is 0.500 bits per heavy atom. The summed E-state index contributed by atoms with van der Waals surface area (Å²) in [5.41, 5.74) is 0. The molecule has 26 heavy (non-hydrogen) atoms. The van der Waals surface area contributed by atoms with Crippen molar-refractivity contribution in [1.82, 2.24) is 0 Å². The molecule has 0 bridgehead atoms. The van der Waals surface area contributed by atoms with Gasteiger partial charge >= 0.3 is 11.9 Å². The number of carboxylic acid groups (broad SMARTS) is 2. The molecular formula is C16H30O8S2. The van der Waals surface area contributed by atoms with Crippen molar-refractivity contribution in [3.8, 4) is 0 Å². The third-order valence-corrected chi connectivity index (χ3v) is 7.50. The van der Waals surface area contributed by atoms with Gasteiger partial charge in [0, 0.05) is 12.8 Å². The monoisotopic (exact) mass is 414 g/mol. The highest BCUT2D eigenvalue weighted by Crippen LogP contribution is 2.08. The molecule has 0 aromatic rings. The van der Waals surface area contributed by atoms with Crippen molar-refractivity contribution in [1.29, 1.82) is 0 Å². The fourth-order valence-corrected chi connectivity index (χ4v) is 5.38. The lowest BCUT2D eigenvalue weighted by Gasteiger charge is -2.06. The molecule has 0 aliphatic carbocycles. The predicted octanol–water partition coefficient (Wildman–Crippen LogP) is 1.89. The highest BCUT2D eigenvalue weighted by atomic mass is 32.2. The molecule has 0 heterocycles. The lowest BCUT2D eigenvalue weighted by atomic mass is 10.2. The molecule has 8 nitrogen and oxygen atoms in total. The van der Waals surface area contributed by atoms with Crippen molar-refractivity contribution in [2.75, 3.05) is 23.0 Å². The van der Waals surface area contributed by atoms with Gasteiger partial charge in [-0.1, -0.05) is 12.8 Å². The zero-order chi connectivity index (χ0) is 20.1. The van der Waals surface area contributed by atoms with Crippen molar-refractivity contribution < 1.29 is 36.6 Å². The van der Waals surface area contributed by atoms with Crippen LogP contribution < -0.4 is 0 Å². The highest BCUT2D eigenvalue weighted by Gasteiger charge is 2.14. The van der Waals surface area contributed by atoms with E-state index in [4.69, 9.17) is 10.2 Å². The van der Waals surface area contributed by atoms with Crippen molar-refractivity contribution in [2.24, 2.45) is 0 Å². The van der Waals surface area contributed by atoms with Gasteiger partial charge in [-0.05, 0) is 38.5 Å². The van der Waals surface area contributed by atoms with Gasteiger partial charge in [0.2, 0.25) is 0 Å². The number of unbranched alkanes of at least 4 members (excludes halogenated alkanes) is 5. The zero-order valence-electron chi connectivity index (χ0n) is 15.1. The van der Waals surface area contributed by atoms with E-state index in [-0.39, 0.29) is 48.7 Å². The molecule has 0 rings (SSSR count). The smallest absolute Gasteiger partial charge is 0.303 e. The van der Waals surface area contributed by atoms with Gasteiger partial charge in [-0.2, -0.15) is 0 Å². The third-order valence-electron chi connectivity index (χ3n) is 3.85. The zero-order valence-corrected chi connectivity index (χ0v) is 16.7. The Kier molecular flexibility index (Phi) is 12.5. The van der Waals surface area contributed by atoms with Crippen LogP contribution in [0.5, 0.6) is 0 Å². The topological polar surface area (TPSA) is 143 Å². The lowest BCUT2D eigenvalue weighted by Crippen LogP contribution is -2.15. The summed E-state index contributed by atoms with van der Waals surface area (Å²) in [6.07, 6.45) is 3.48. The van der Waals surface area contributed by atoms with E-state index < -0.39 is 31.6 Å². The largest absolute Gasteiger partial charge is 0.481 e. The molecule has 0 unspecified atom stereocenters. The fourth-order valence-electron chi connectivity index (χ4n) is 2.40. The molecule has 0 saturated heterocycles. The van der Waals surface area contributed by atoms with E-state index in [2.05, 4.69) is 0 Å². The number of rotatable bonds is 17. The molecule has 0 radical (unpaired) electrons. The Morgan fingerprint density at radius 3 is 1.04 bits per heavy atom. The molecule has 154 valence electrons. The van der Waals surface area contributed by atoms with Crippen LogP contribution in [-0.2, 0) is 29.3 Å². The Bertz CT molecular complexity index is 567. The van der Waals surface area contributed by atoms with Crippen LogP contribution in [0.1, 0.15) is 64.2 Å². The van der Waals surface area contributed by atoms with Gasteiger partial charge in [0.1, 0.15) is 19.7 Å². The van der Waals surface area contributed by atoms with Gasteiger partial charge in [-0.25, -0.2) is 16.8 Å². The van der Waals surface area contributed by atoms with Gasteiger partial charge in [0.15, 0.2) is 0 Å². The SMILES string of the molecule is O=C(O)CCCCCS(=O)(=O)CCCCS(=O)(=O)CCCCCC(=O)O. The van der Waals surface area contributed by atoms with E-state index in [0.29, 0.717) is 38.5 Å². The summed E-state index contributed by atoms with van der Waals surface area (Å²) in [7, 11) is -6.46. The quantitative estimate of drug-likeness (QED) is 0.343. The number of carboxylic acids is 2. The van der Waals surface area contributed by atoms with Crippen LogP contribution >= 0.6 is 0 Å². The second-order valence-corrected chi connectivity index (χ2v) is 11.0. The predicted molar refractivity (Wildman–Crippen MR) is 98.7 cm³/mol. The van der Waals surface area contributed by atoms with Gasteiger partial charge < -0.3 is 10.2 Å². The van der Waals surface area contributed by atoms with E-state index in [0.717, 1.165) is 0 Å². The molecule has 0 atom stereocenters. The molecule has 0 aliphatic heterocycles. The Balaban J connectivity index is 3.83. The van der Waals surface area contributed by atoms with E-state index in [9.17, 15) is 26.4 Å². The Hall–Kier alpha value is -1.16.